The van der Waals surface area contributed by atoms with E-state index in [1.807, 2.05) is 20.8 Å². The van der Waals surface area contributed by atoms with Gasteiger partial charge >= 0.3 is 5.97 Å². The van der Waals surface area contributed by atoms with Crippen molar-refractivity contribution in [3.63, 3.8) is 0 Å². The molecular formula is C18H22N4O5S. The third-order valence-corrected chi connectivity index (χ3v) is 3.71. The Kier molecular flexibility index (Phi) is 7.44. The third kappa shape index (κ3) is 5.74. The first-order chi connectivity index (χ1) is 13.3. The van der Waals surface area contributed by atoms with Crippen molar-refractivity contribution in [2.45, 2.75) is 39.7 Å². The molecule has 0 bridgehead atoms. The molecule has 0 aliphatic rings. The molecule has 2 N–H and O–H groups in total. The molecule has 0 amide bonds. The normalized spacial score (nSPS) is 11.1. The van der Waals surface area contributed by atoms with Crippen LogP contribution in [-0.4, -0.2) is 44.9 Å². The number of aryl methyl sites for hydroxylation is 1. The van der Waals surface area contributed by atoms with Gasteiger partial charge in [0, 0.05) is 6.42 Å². The number of hydrogen-bond acceptors (Lipinski definition) is 7. The van der Waals surface area contributed by atoms with E-state index in [0.717, 1.165) is 4.68 Å². The Hall–Kier alpha value is -3.01. The van der Waals surface area contributed by atoms with E-state index in [9.17, 15) is 9.59 Å². The van der Waals surface area contributed by atoms with E-state index in [-0.39, 0.29) is 29.4 Å². The van der Waals surface area contributed by atoms with E-state index >= 15 is 0 Å². The van der Waals surface area contributed by atoms with Crippen LogP contribution in [0.4, 0.5) is 0 Å². The molecule has 1 heterocycles. The number of carboxylic acids is 1. The molecule has 0 saturated heterocycles. The fraction of sp³-hybridized carbons (Fsp3) is 0.389. The number of ether oxygens (including phenoxy) is 2. The molecule has 0 fully saturated rings. The summed E-state index contributed by atoms with van der Waals surface area (Å²) in [5.41, 5.74) is 0.152. The van der Waals surface area contributed by atoms with Crippen molar-refractivity contribution >= 4 is 24.4 Å². The summed E-state index contributed by atoms with van der Waals surface area (Å²) in [5.74, 6) is 0.156. The van der Waals surface area contributed by atoms with Crippen LogP contribution in [0, 0.1) is 4.77 Å². The standard InChI is InChI=1S/C18H22N4O5S/c1-4-26-15-9-12(5-7-14(15)27-11(2)3)10-19-22-17(25)13(6-8-16(23)24)20-21-18(22)28/h5,7,9-11H,4,6,8H2,1-3H3,(H,21,28)(H,23,24)/b19-10-. The monoisotopic (exact) mass is 406 g/mol. The highest BCUT2D eigenvalue weighted by molar-refractivity contribution is 7.71. The van der Waals surface area contributed by atoms with Gasteiger partial charge in [-0.05, 0) is 56.8 Å². The van der Waals surface area contributed by atoms with Crippen molar-refractivity contribution in [3.05, 3.63) is 44.6 Å². The molecule has 9 nitrogen and oxygen atoms in total. The number of benzene rings is 1. The highest BCUT2D eigenvalue weighted by Gasteiger charge is 2.10. The lowest BCUT2D eigenvalue weighted by molar-refractivity contribution is -0.136. The molecule has 0 spiro atoms. The lowest BCUT2D eigenvalue weighted by Gasteiger charge is -2.14. The number of aromatic amines is 1. The van der Waals surface area contributed by atoms with E-state index in [2.05, 4.69) is 15.3 Å². The molecule has 0 radical (unpaired) electrons. The summed E-state index contributed by atoms with van der Waals surface area (Å²) < 4.78 is 12.3. The Morgan fingerprint density at radius 2 is 2.18 bits per heavy atom. The van der Waals surface area contributed by atoms with Crippen LogP contribution >= 0.6 is 12.2 Å². The number of H-pyrrole nitrogens is 1. The molecule has 0 aliphatic heterocycles. The van der Waals surface area contributed by atoms with Crippen LogP contribution in [0.15, 0.2) is 28.1 Å². The molecular weight excluding hydrogens is 384 g/mol. The molecule has 28 heavy (non-hydrogen) atoms. The van der Waals surface area contributed by atoms with Gasteiger partial charge in [0.2, 0.25) is 4.77 Å². The molecule has 0 saturated carbocycles. The van der Waals surface area contributed by atoms with Crippen molar-refractivity contribution in [2.24, 2.45) is 5.10 Å². The summed E-state index contributed by atoms with van der Waals surface area (Å²) in [6.07, 6.45) is 1.21. The number of hydrogen-bond donors (Lipinski definition) is 2. The van der Waals surface area contributed by atoms with Crippen LogP contribution < -0.4 is 15.0 Å². The maximum Gasteiger partial charge on any atom is 0.303 e. The Balaban J connectivity index is 2.33. The molecule has 10 heteroatoms. The maximum absolute atomic E-state index is 12.4. The van der Waals surface area contributed by atoms with Crippen molar-refractivity contribution in [1.29, 1.82) is 0 Å². The average molecular weight is 406 g/mol. The van der Waals surface area contributed by atoms with Gasteiger partial charge in [0.1, 0.15) is 5.69 Å². The SMILES string of the molecule is CCOc1cc(/C=N\n2c(=S)[nH]nc(CCC(=O)O)c2=O)ccc1OC(C)C. The Bertz CT molecular complexity index is 981. The summed E-state index contributed by atoms with van der Waals surface area (Å²) in [4.78, 5) is 23.1. The van der Waals surface area contributed by atoms with Gasteiger partial charge in [-0.3, -0.25) is 14.7 Å². The number of carboxylic acid groups (broad SMARTS) is 1. The quantitative estimate of drug-likeness (QED) is 0.485. The molecule has 1 aromatic carbocycles. The Morgan fingerprint density at radius 1 is 1.43 bits per heavy atom. The number of rotatable bonds is 9. The van der Waals surface area contributed by atoms with Crippen LogP contribution in [0.3, 0.4) is 0 Å². The number of nitrogens with one attached hydrogen (secondary N) is 1. The number of aromatic nitrogens is 3. The topological polar surface area (TPSA) is 119 Å². The number of carbonyl (C=O) groups is 1. The van der Waals surface area contributed by atoms with E-state index < -0.39 is 11.5 Å². The minimum atomic E-state index is -1.02. The fourth-order valence-corrected chi connectivity index (χ4v) is 2.44. The molecule has 0 unspecified atom stereocenters. The summed E-state index contributed by atoms with van der Waals surface area (Å²) in [7, 11) is 0. The molecule has 2 rings (SSSR count). The van der Waals surface area contributed by atoms with Gasteiger partial charge in [0.05, 0.1) is 25.3 Å². The van der Waals surface area contributed by atoms with Crippen LogP contribution in [-0.2, 0) is 11.2 Å². The number of aliphatic carboxylic acids is 1. The molecule has 0 atom stereocenters. The molecule has 1 aromatic heterocycles. The van der Waals surface area contributed by atoms with Gasteiger partial charge in [-0.25, -0.2) is 0 Å². The second kappa shape index (κ2) is 9.79. The largest absolute Gasteiger partial charge is 0.490 e. The average Bonchev–Trinajstić information content (AvgIpc) is 2.62. The van der Waals surface area contributed by atoms with Crippen LogP contribution in [0.25, 0.3) is 0 Å². The molecule has 150 valence electrons. The second-order valence-corrected chi connectivity index (χ2v) is 6.42. The van der Waals surface area contributed by atoms with Gasteiger partial charge in [0.25, 0.3) is 5.56 Å². The first-order valence-electron chi connectivity index (χ1n) is 8.72. The second-order valence-electron chi connectivity index (χ2n) is 6.04. The van der Waals surface area contributed by atoms with E-state index in [1.165, 1.54) is 6.21 Å². The van der Waals surface area contributed by atoms with E-state index in [1.54, 1.807) is 18.2 Å². The van der Waals surface area contributed by atoms with E-state index in [0.29, 0.717) is 23.7 Å². The van der Waals surface area contributed by atoms with Crippen molar-refractivity contribution in [2.75, 3.05) is 6.61 Å². The van der Waals surface area contributed by atoms with Crippen molar-refractivity contribution < 1.29 is 19.4 Å². The maximum atomic E-state index is 12.4. The Labute approximate surface area is 166 Å². The zero-order valence-corrected chi connectivity index (χ0v) is 16.7. The predicted molar refractivity (Wildman–Crippen MR) is 106 cm³/mol. The zero-order chi connectivity index (χ0) is 20.7. The van der Waals surface area contributed by atoms with Gasteiger partial charge < -0.3 is 14.6 Å². The van der Waals surface area contributed by atoms with Crippen LogP contribution in [0.1, 0.15) is 38.4 Å². The summed E-state index contributed by atoms with van der Waals surface area (Å²) in [6, 6.07) is 5.28. The highest BCUT2D eigenvalue weighted by atomic mass is 32.1. The lowest BCUT2D eigenvalue weighted by atomic mass is 10.2. The van der Waals surface area contributed by atoms with Crippen LogP contribution in [0.2, 0.25) is 0 Å². The Morgan fingerprint density at radius 3 is 2.82 bits per heavy atom. The van der Waals surface area contributed by atoms with Gasteiger partial charge in [0.15, 0.2) is 11.5 Å². The van der Waals surface area contributed by atoms with Crippen molar-refractivity contribution in [1.82, 2.24) is 14.9 Å². The third-order valence-electron chi connectivity index (χ3n) is 3.45. The molecule has 0 aliphatic carbocycles. The fourth-order valence-electron chi connectivity index (χ4n) is 2.27. The van der Waals surface area contributed by atoms with Gasteiger partial charge in [-0.2, -0.15) is 14.9 Å². The molecule has 2 aromatic rings. The van der Waals surface area contributed by atoms with E-state index in [4.69, 9.17) is 26.8 Å². The predicted octanol–water partition coefficient (Wildman–Crippen LogP) is 2.39. The first-order valence-corrected chi connectivity index (χ1v) is 9.13. The summed E-state index contributed by atoms with van der Waals surface area (Å²) >= 11 is 5.06. The first kappa shape index (κ1) is 21.3. The van der Waals surface area contributed by atoms with Crippen LogP contribution in [0.5, 0.6) is 11.5 Å². The minimum Gasteiger partial charge on any atom is -0.490 e. The lowest BCUT2D eigenvalue weighted by Crippen LogP contribution is -2.25. The van der Waals surface area contributed by atoms with Crippen molar-refractivity contribution in [3.8, 4) is 11.5 Å². The minimum absolute atomic E-state index is 0.00310. The summed E-state index contributed by atoms with van der Waals surface area (Å²) in [5, 5.41) is 19.2. The number of nitrogens with zero attached hydrogens (tertiary/aromatic N) is 3. The summed E-state index contributed by atoms with van der Waals surface area (Å²) in [6.45, 7) is 6.18. The highest BCUT2D eigenvalue weighted by Crippen LogP contribution is 2.28. The smallest absolute Gasteiger partial charge is 0.303 e. The van der Waals surface area contributed by atoms with Gasteiger partial charge in [-0.1, -0.05) is 0 Å². The van der Waals surface area contributed by atoms with Gasteiger partial charge in [-0.15, -0.1) is 0 Å². The zero-order valence-electron chi connectivity index (χ0n) is 15.8.